The maximum Gasteiger partial charge on any atom is 0.262 e. The number of thioether (sulfide) groups is 1. The second-order valence-corrected chi connectivity index (χ2v) is 5.71. The monoisotopic (exact) mass is 321 g/mol. The van der Waals surface area contributed by atoms with Crippen LogP contribution in [0.3, 0.4) is 0 Å². The van der Waals surface area contributed by atoms with E-state index in [0.29, 0.717) is 16.5 Å². The van der Waals surface area contributed by atoms with Gasteiger partial charge in [-0.2, -0.15) is 0 Å². The van der Waals surface area contributed by atoms with Crippen molar-refractivity contribution in [1.29, 1.82) is 0 Å². The van der Waals surface area contributed by atoms with Crippen LogP contribution in [0.5, 0.6) is 5.75 Å². The van der Waals surface area contributed by atoms with E-state index in [1.807, 2.05) is 43.5 Å². The van der Waals surface area contributed by atoms with Gasteiger partial charge in [-0.25, -0.2) is 0 Å². The van der Waals surface area contributed by atoms with Gasteiger partial charge < -0.3 is 10.1 Å². The van der Waals surface area contributed by atoms with E-state index in [4.69, 9.17) is 16.3 Å². The van der Waals surface area contributed by atoms with Crippen molar-refractivity contribution in [3.05, 3.63) is 53.1 Å². The van der Waals surface area contributed by atoms with E-state index in [9.17, 15) is 4.79 Å². The van der Waals surface area contributed by atoms with Gasteiger partial charge in [-0.15, -0.1) is 11.8 Å². The quantitative estimate of drug-likeness (QED) is 0.830. The summed E-state index contributed by atoms with van der Waals surface area (Å²) in [6.45, 7) is 1.82. The average Bonchev–Trinajstić information content (AvgIpc) is 2.50. The average molecular weight is 322 g/mol. The number of hydrogen-bond donors (Lipinski definition) is 1. The van der Waals surface area contributed by atoms with Crippen molar-refractivity contribution in [1.82, 2.24) is 0 Å². The molecule has 0 aliphatic rings. The summed E-state index contributed by atoms with van der Waals surface area (Å²) in [5, 5.41) is 3.42. The normalized spacial score (nSPS) is 10.2. The molecule has 21 heavy (non-hydrogen) atoms. The van der Waals surface area contributed by atoms with Crippen molar-refractivity contribution in [2.75, 3.05) is 18.2 Å². The number of benzene rings is 2. The van der Waals surface area contributed by atoms with E-state index in [0.717, 1.165) is 10.5 Å². The molecule has 0 spiro atoms. The molecule has 0 saturated heterocycles. The molecular weight excluding hydrogens is 306 g/mol. The maximum atomic E-state index is 11.9. The lowest BCUT2D eigenvalue weighted by atomic mass is 10.2. The van der Waals surface area contributed by atoms with Gasteiger partial charge in [0.2, 0.25) is 0 Å². The highest BCUT2D eigenvalue weighted by Gasteiger charge is 2.07. The fourth-order valence-corrected chi connectivity index (χ4v) is 2.33. The van der Waals surface area contributed by atoms with E-state index in [1.165, 1.54) is 0 Å². The largest absolute Gasteiger partial charge is 0.484 e. The molecule has 1 N–H and O–H groups in total. The summed E-state index contributed by atoms with van der Waals surface area (Å²) in [5.74, 6) is 0.458. The molecule has 0 fully saturated rings. The third kappa shape index (κ3) is 4.41. The van der Waals surface area contributed by atoms with E-state index in [1.54, 1.807) is 23.9 Å². The first kappa shape index (κ1) is 15.7. The lowest BCUT2D eigenvalue weighted by Gasteiger charge is -2.10. The third-order valence-electron chi connectivity index (χ3n) is 2.97. The summed E-state index contributed by atoms with van der Waals surface area (Å²) >= 11 is 7.67. The third-order valence-corrected chi connectivity index (χ3v) is 4.12. The van der Waals surface area contributed by atoms with Crippen LogP contribution >= 0.6 is 23.4 Å². The first-order valence-corrected chi connectivity index (χ1v) is 8.02. The predicted molar refractivity (Wildman–Crippen MR) is 88.5 cm³/mol. The van der Waals surface area contributed by atoms with E-state index in [2.05, 4.69) is 5.32 Å². The smallest absolute Gasteiger partial charge is 0.262 e. The molecule has 0 heterocycles. The van der Waals surface area contributed by atoms with Crippen molar-refractivity contribution in [2.24, 2.45) is 0 Å². The van der Waals surface area contributed by atoms with Crippen molar-refractivity contribution in [3.8, 4) is 5.75 Å². The number of hydrogen-bond acceptors (Lipinski definition) is 3. The molecule has 2 aromatic rings. The van der Waals surface area contributed by atoms with Crippen LogP contribution in [0.4, 0.5) is 5.69 Å². The Balaban J connectivity index is 1.91. The zero-order valence-corrected chi connectivity index (χ0v) is 13.4. The molecule has 0 saturated carbocycles. The Bertz CT molecular complexity index is 629. The van der Waals surface area contributed by atoms with Gasteiger partial charge in [0.1, 0.15) is 5.75 Å². The van der Waals surface area contributed by atoms with Crippen LogP contribution in [0.2, 0.25) is 5.02 Å². The van der Waals surface area contributed by atoms with Crippen LogP contribution < -0.4 is 10.1 Å². The minimum Gasteiger partial charge on any atom is -0.484 e. The van der Waals surface area contributed by atoms with E-state index >= 15 is 0 Å². The van der Waals surface area contributed by atoms with Crippen molar-refractivity contribution in [2.45, 2.75) is 11.8 Å². The zero-order valence-electron chi connectivity index (χ0n) is 11.9. The van der Waals surface area contributed by atoms with Crippen LogP contribution in [-0.4, -0.2) is 18.8 Å². The van der Waals surface area contributed by atoms with E-state index < -0.39 is 0 Å². The van der Waals surface area contributed by atoms with Gasteiger partial charge >= 0.3 is 0 Å². The molecule has 0 unspecified atom stereocenters. The van der Waals surface area contributed by atoms with Crippen LogP contribution in [0, 0.1) is 6.92 Å². The SMILES string of the molecule is CSc1ccc(OCC(=O)Nc2cccc(Cl)c2C)cc1. The molecule has 5 heteroatoms. The Morgan fingerprint density at radius 1 is 1.24 bits per heavy atom. The molecule has 1 amide bonds. The molecule has 0 atom stereocenters. The Morgan fingerprint density at radius 2 is 1.95 bits per heavy atom. The fraction of sp³-hybridized carbons (Fsp3) is 0.188. The van der Waals surface area contributed by atoms with Crippen LogP contribution in [0.15, 0.2) is 47.4 Å². The highest BCUT2D eigenvalue weighted by molar-refractivity contribution is 7.98. The number of carbonyl (C=O) groups excluding carboxylic acids is 1. The Morgan fingerprint density at radius 3 is 2.62 bits per heavy atom. The van der Waals surface area contributed by atoms with Crippen LogP contribution in [0.1, 0.15) is 5.56 Å². The number of carbonyl (C=O) groups is 1. The highest BCUT2D eigenvalue weighted by Crippen LogP contribution is 2.23. The molecule has 2 rings (SSSR count). The van der Waals surface area contributed by atoms with Gasteiger partial charge in [0.05, 0.1) is 0 Å². The highest BCUT2D eigenvalue weighted by atomic mass is 35.5. The second-order valence-electron chi connectivity index (χ2n) is 4.42. The maximum absolute atomic E-state index is 11.9. The summed E-state index contributed by atoms with van der Waals surface area (Å²) in [4.78, 5) is 13.0. The van der Waals surface area contributed by atoms with Crippen molar-refractivity contribution in [3.63, 3.8) is 0 Å². The molecule has 0 aliphatic carbocycles. The minimum absolute atomic E-state index is 0.0371. The summed E-state index contributed by atoms with van der Waals surface area (Å²) in [6, 6.07) is 13.0. The van der Waals surface area contributed by atoms with Gasteiger partial charge in [-0.1, -0.05) is 17.7 Å². The van der Waals surface area contributed by atoms with Crippen molar-refractivity contribution >= 4 is 35.0 Å². The molecule has 0 aliphatic heterocycles. The van der Waals surface area contributed by atoms with Gasteiger partial charge in [0.15, 0.2) is 6.61 Å². The van der Waals surface area contributed by atoms with Gasteiger partial charge in [0, 0.05) is 15.6 Å². The fourth-order valence-electron chi connectivity index (χ4n) is 1.75. The van der Waals surface area contributed by atoms with Crippen molar-refractivity contribution < 1.29 is 9.53 Å². The predicted octanol–water partition coefficient (Wildman–Crippen LogP) is 4.39. The van der Waals surface area contributed by atoms with Crippen LogP contribution in [-0.2, 0) is 4.79 Å². The number of ether oxygens (including phenoxy) is 1. The zero-order chi connectivity index (χ0) is 15.2. The lowest BCUT2D eigenvalue weighted by molar-refractivity contribution is -0.118. The second kappa shape index (κ2) is 7.38. The number of halogens is 1. The molecule has 0 bridgehead atoms. The number of amides is 1. The lowest BCUT2D eigenvalue weighted by Crippen LogP contribution is -2.20. The summed E-state index contributed by atoms with van der Waals surface area (Å²) < 4.78 is 5.46. The Labute approximate surface area is 133 Å². The molecule has 110 valence electrons. The first-order chi connectivity index (χ1) is 10.1. The summed E-state index contributed by atoms with van der Waals surface area (Å²) in [5.41, 5.74) is 1.55. The molecule has 0 radical (unpaired) electrons. The molecule has 0 aromatic heterocycles. The summed E-state index contributed by atoms with van der Waals surface area (Å²) in [7, 11) is 0. The number of anilines is 1. The van der Waals surface area contributed by atoms with Gasteiger partial charge in [-0.05, 0) is 55.1 Å². The van der Waals surface area contributed by atoms with Crippen LogP contribution in [0.25, 0.3) is 0 Å². The summed E-state index contributed by atoms with van der Waals surface area (Å²) in [6.07, 6.45) is 2.01. The first-order valence-electron chi connectivity index (χ1n) is 6.42. The Kier molecular flexibility index (Phi) is 5.53. The molecule has 2 aromatic carbocycles. The van der Waals surface area contributed by atoms with Gasteiger partial charge in [-0.3, -0.25) is 4.79 Å². The molecular formula is C16H16ClNO2S. The molecule has 3 nitrogen and oxygen atoms in total. The number of nitrogens with one attached hydrogen (secondary N) is 1. The van der Waals surface area contributed by atoms with E-state index in [-0.39, 0.29) is 12.5 Å². The standard InChI is InChI=1S/C16H16ClNO2S/c1-11-14(17)4-3-5-15(11)18-16(19)10-20-12-6-8-13(21-2)9-7-12/h3-9H,10H2,1-2H3,(H,18,19). The topological polar surface area (TPSA) is 38.3 Å². The number of rotatable bonds is 5. The van der Waals surface area contributed by atoms with Gasteiger partial charge in [0.25, 0.3) is 5.91 Å². The minimum atomic E-state index is -0.214. The Hall–Kier alpha value is -1.65.